The van der Waals surface area contributed by atoms with Gasteiger partial charge in [0.1, 0.15) is 0 Å². The van der Waals surface area contributed by atoms with E-state index in [4.69, 9.17) is 6.42 Å². The van der Waals surface area contributed by atoms with E-state index in [0.717, 1.165) is 32.6 Å². The van der Waals surface area contributed by atoms with E-state index in [9.17, 15) is 0 Å². The minimum Gasteiger partial charge on any atom is -0.312 e. The number of nitrogens with one attached hydrogen (secondary N) is 1. The van der Waals surface area contributed by atoms with Crippen LogP contribution >= 0.6 is 0 Å². The van der Waals surface area contributed by atoms with Crippen molar-refractivity contribution in [1.82, 2.24) is 10.2 Å². The molecule has 0 saturated carbocycles. The van der Waals surface area contributed by atoms with Crippen LogP contribution in [0.25, 0.3) is 0 Å². The third-order valence-electron chi connectivity index (χ3n) is 2.03. The SMILES string of the molecule is C#CCCN1CCN[C@H](C)C1. The summed E-state index contributed by atoms with van der Waals surface area (Å²) in [6.07, 6.45) is 6.07. The average Bonchev–Trinajstić information content (AvgIpc) is 2.01. The lowest BCUT2D eigenvalue weighted by Crippen LogP contribution is -2.49. The Morgan fingerprint density at radius 2 is 2.55 bits per heavy atom. The summed E-state index contributed by atoms with van der Waals surface area (Å²) in [5, 5.41) is 3.40. The van der Waals surface area contributed by atoms with Gasteiger partial charge in [0.2, 0.25) is 0 Å². The predicted molar refractivity (Wildman–Crippen MR) is 47.4 cm³/mol. The molecule has 0 radical (unpaired) electrons. The van der Waals surface area contributed by atoms with Crippen LogP contribution in [0.5, 0.6) is 0 Å². The largest absolute Gasteiger partial charge is 0.312 e. The van der Waals surface area contributed by atoms with Crippen LogP contribution in [0.4, 0.5) is 0 Å². The number of terminal acetylenes is 1. The minimum atomic E-state index is 0.626. The first kappa shape index (κ1) is 8.58. The zero-order valence-corrected chi connectivity index (χ0v) is 7.14. The van der Waals surface area contributed by atoms with Crippen molar-refractivity contribution < 1.29 is 0 Å². The summed E-state index contributed by atoms with van der Waals surface area (Å²) in [4.78, 5) is 2.42. The molecular weight excluding hydrogens is 136 g/mol. The highest BCUT2D eigenvalue weighted by Crippen LogP contribution is 1.98. The molecule has 1 atom stereocenters. The van der Waals surface area contributed by atoms with E-state index < -0.39 is 0 Å². The van der Waals surface area contributed by atoms with E-state index in [1.54, 1.807) is 0 Å². The summed E-state index contributed by atoms with van der Waals surface area (Å²) in [7, 11) is 0. The summed E-state index contributed by atoms with van der Waals surface area (Å²) in [6, 6.07) is 0.626. The molecule has 0 amide bonds. The molecule has 1 fully saturated rings. The van der Waals surface area contributed by atoms with Crippen LogP contribution < -0.4 is 5.32 Å². The lowest BCUT2D eigenvalue weighted by molar-refractivity contribution is 0.211. The van der Waals surface area contributed by atoms with Crippen molar-refractivity contribution in [2.24, 2.45) is 0 Å². The number of piperazine rings is 1. The van der Waals surface area contributed by atoms with Crippen molar-refractivity contribution in [2.75, 3.05) is 26.2 Å². The standard InChI is InChI=1S/C9H16N2/c1-3-4-6-11-7-5-10-9(2)8-11/h1,9-10H,4-8H2,2H3/t9-/m1/s1. The molecule has 2 heteroatoms. The molecule has 0 aromatic carbocycles. The molecule has 1 saturated heterocycles. The Morgan fingerprint density at radius 1 is 1.73 bits per heavy atom. The van der Waals surface area contributed by atoms with Gasteiger partial charge in [-0.2, -0.15) is 0 Å². The van der Waals surface area contributed by atoms with Crippen LogP contribution in [0.1, 0.15) is 13.3 Å². The second kappa shape index (κ2) is 4.38. The molecule has 1 aliphatic rings. The maximum absolute atomic E-state index is 5.19. The van der Waals surface area contributed by atoms with Gasteiger partial charge in [0, 0.05) is 38.6 Å². The zero-order valence-electron chi connectivity index (χ0n) is 7.14. The van der Waals surface area contributed by atoms with Crippen LogP contribution in [0.15, 0.2) is 0 Å². The highest BCUT2D eigenvalue weighted by atomic mass is 15.2. The summed E-state index contributed by atoms with van der Waals surface area (Å²) in [5.41, 5.74) is 0. The quantitative estimate of drug-likeness (QED) is 0.573. The van der Waals surface area contributed by atoms with Crippen molar-refractivity contribution in [3.63, 3.8) is 0 Å². The van der Waals surface area contributed by atoms with E-state index >= 15 is 0 Å². The van der Waals surface area contributed by atoms with Gasteiger partial charge in [-0.1, -0.05) is 0 Å². The molecular formula is C9H16N2. The van der Waals surface area contributed by atoms with Gasteiger partial charge in [-0.25, -0.2) is 0 Å². The van der Waals surface area contributed by atoms with E-state index in [-0.39, 0.29) is 0 Å². The van der Waals surface area contributed by atoms with Crippen LogP contribution in [-0.4, -0.2) is 37.1 Å². The molecule has 0 aromatic rings. The van der Waals surface area contributed by atoms with Crippen molar-refractivity contribution >= 4 is 0 Å². The first-order valence-electron chi connectivity index (χ1n) is 4.22. The van der Waals surface area contributed by atoms with Crippen LogP contribution in [-0.2, 0) is 0 Å². The average molecular weight is 152 g/mol. The fourth-order valence-electron chi connectivity index (χ4n) is 1.44. The monoisotopic (exact) mass is 152 g/mol. The molecule has 11 heavy (non-hydrogen) atoms. The highest BCUT2D eigenvalue weighted by Gasteiger charge is 2.13. The normalized spacial score (nSPS) is 26.4. The van der Waals surface area contributed by atoms with Gasteiger partial charge in [0.05, 0.1) is 0 Å². The van der Waals surface area contributed by atoms with Crippen LogP contribution in [0.3, 0.4) is 0 Å². The van der Waals surface area contributed by atoms with Crippen molar-refractivity contribution in [3.8, 4) is 12.3 Å². The molecule has 1 N–H and O–H groups in total. The fourth-order valence-corrected chi connectivity index (χ4v) is 1.44. The van der Waals surface area contributed by atoms with Gasteiger partial charge in [0.25, 0.3) is 0 Å². The smallest absolute Gasteiger partial charge is 0.0214 e. The van der Waals surface area contributed by atoms with Gasteiger partial charge in [-0.05, 0) is 6.92 Å². The van der Waals surface area contributed by atoms with E-state index in [1.165, 1.54) is 0 Å². The summed E-state index contributed by atoms with van der Waals surface area (Å²) in [6.45, 7) is 6.66. The first-order chi connectivity index (χ1) is 5.33. The number of nitrogens with zero attached hydrogens (tertiary/aromatic N) is 1. The minimum absolute atomic E-state index is 0.626. The Labute approximate surface area is 69.0 Å². The molecule has 0 spiro atoms. The predicted octanol–water partition coefficient (Wildman–Crippen LogP) is 0.303. The van der Waals surface area contributed by atoms with Crippen molar-refractivity contribution in [3.05, 3.63) is 0 Å². The van der Waals surface area contributed by atoms with Gasteiger partial charge < -0.3 is 5.32 Å². The summed E-state index contributed by atoms with van der Waals surface area (Å²) >= 11 is 0. The molecule has 0 aliphatic carbocycles. The molecule has 62 valence electrons. The van der Waals surface area contributed by atoms with Crippen molar-refractivity contribution in [2.45, 2.75) is 19.4 Å². The Bertz CT molecular complexity index is 148. The van der Waals surface area contributed by atoms with Gasteiger partial charge >= 0.3 is 0 Å². The summed E-state index contributed by atoms with van der Waals surface area (Å²) in [5.74, 6) is 2.67. The van der Waals surface area contributed by atoms with Gasteiger partial charge in [-0.3, -0.25) is 4.90 Å². The van der Waals surface area contributed by atoms with Gasteiger partial charge in [0.15, 0.2) is 0 Å². The number of rotatable bonds is 2. The molecule has 0 bridgehead atoms. The van der Waals surface area contributed by atoms with Crippen molar-refractivity contribution in [1.29, 1.82) is 0 Å². The number of hydrogen-bond acceptors (Lipinski definition) is 2. The van der Waals surface area contributed by atoms with Crippen LogP contribution in [0.2, 0.25) is 0 Å². The van der Waals surface area contributed by atoms with E-state index in [0.29, 0.717) is 6.04 Å². The maximum atomic E-state index is 5.19. The molecule has 0 aromatic heterocycles. The lowest BCUT2D eigenvalue weighted by atomic mass is 10.2. The van der Waals surface area contributed by atoms with E-state index in [2.05, 4.69) is 23.1 Å². The lowest BCUT2D eigenvalue weighted by Gasteiger charge is -2.31. The topological polar surface area (TPSA) is 15.3 Å². The third kappa shape index (κ3) is 2.92. The highest BCUT2D eigenvalue weighted by molar-refractivity contribution is 4.86. The second-order valence-corrected chi connectivity index (χ2v) is 3.11. The Balaban J connectivity index is 2.18. The molecule has 1 rings (SSSR count). The van der Waals surface area contributed by atoms with Gasteiger partial charge in [-0.15, -0.1) is 12.3 Å². The maximum Gasteiger partial charge on any atom is 0.0214 e. The first-order valence-corrected chi connectivity index (χ1v) is 4.22. The van der Waals surface area contributed by atoms with E-state index in [1.807, 2.05) is 0 Å². The summed E-state index contributed by atoms with van der Waals surface area (Å²) < 4.78 is 0. The molecule has 0 unspecified atom stereocenters. The second-order valence-electron chi connectivity index (χ2n) is 3.11. The molecule has 1 heterocycles. The Hall–Kier alpha value is -0.520. The fraction of sp³-hybridized carbons (Fsp3) is 0.778. The van der Waals surface area contributed by atoms with Crippen LogP contribution in [0, 0.1) is 12.3 Å². The number of hydrogen-bond donors (Lipinski definition) is 1. The molecule has 1 aliphatic heterocycles. The third-order valence-corrected chi connectivity index (χ3v) is 2.03. The Morgan fingerprint density at radius 3 is 3.18 bits per heavy atom. The Kier molecular flexibility index (Phi) is 3.41. The molecule has 2 nitrogen and oxygen atoms in total. The zero-order chi connectivity index (χ0) is 8.10.